The van der Waals surface area contributed by atoms with Gasteiger partial charge in [0.2, 0.25) is 0 Å². The summed E-state index contributed by atoms with van der Waals surface area (Å²) in [5, 5.41) is 5.25. The van der Waals surface area contributed by atoms with Crippen molar-refractivity contribution < 1.29 is 4.74 Å². The summed E-state index contributed by atoms with van der Waals surface area (Å²) in [6.45, 7) is 4.28. The fourth-order valence-corrected chi connectivity index (χ4v) is 4.81. The lowest BCUT2D eigenvalue weighted by atomic mass is 10.1. The van der Waals surface area contributed by atoms with Crippen molar-refractivity contribution in [1.29, 1.82) is 0 Å². The highest BCUT2D eigenvalue weighted by Gasteiger charge is 2.26. The third kappa shape index (κ3) is 4.81. The van der Waals surface area contributed by atoms with E-state index in [1.54, 1.807) is 0 Å². The molecule has 1 saturated carbocycles. The zero-order chi connectivity index (χ0) is 20.2. The maximum Gasteiger partial charge on any atom is 0.253 e. The highest BCUT2D eigenvalue weighted by atomic mass is 32.1. The van der Waals surface area contributed by atoms with E-state index >= 15 is 0 Å². The maximum absolute atomic E-state index is 12.8. The average Bonchev–Trinajstić information content (AvgIpc) is 3.44. The number of nitrogens with one attached hydrogen (secondary N) is 2. The standard InChI is InChI=1S/C23H31N3O2S/c1-2-16-9-10-21-17(12-16)13-18(22(27)25-21)15-26(19-6-3-4-7-19)23(29)24-14-20-8-5-11-28-20/h9-10,12-13,19-20H,2-8,11,14-15H2,1H3,(H,24,29)(H,25,27)/t20-/m1/s1. The largest absolute Gasteiger partial charge is 0.376 e. The third-order valence-electron chi connectivity index (χ3n) is 6.27. The molecule has 2 aliphatic rings. The van der Waals surface area contributed by atoms with E-state index < -0.39 is 0 Å². The van der Waals surface area contributed by atoms with Crippen molar-refractivity contribution in [2.24, 2.45) is 0 Å². The van der Waals surface area contributed by atoms with Crippen LogP contribution in [0, 0.1) is 0 Å². The topological polar surface area (TPSA) is 57.4 Å². The molecule has 1 aliphatic heterocycles. The fourth-order valence-electron chi connectivity index (χ4n) is 4.51. The van der Waals surface area contributed by atoms with Crippen LogP contribution < -0.4 is 10.9 Å². The van der Waals surface area contributed by atoms with Crippen LogP contribution in [0.15, 0.2) is 29.1 Å². The van der Waals surface area contributed by atoms with E-state index in [1.807, 2.05) is 12.1 Å². The fraction of sp³-hybridized carbons (Fsp3) is 0.565. The minimum absolute atomic E-state index is 0.0216. The van der Waals surface area contributed by atoms with E-state index in [9.17, 15) is 4.79 Å². The Morgan fingerprint density at radius 3 is 2.79 bits per heavy atom. The molecule has 2 fully saturated rings. The molecule has 0 amide bonds. The first-order chi connectivity index (χ1) is 14.1. The van der Waals surface area contributed by atoms with Crippen LogP contribution >= 0.6 is 12.2 Å². The predicted molar refractivity (Wildman–Crippen MR) is 121 cm³/mol. The van der Waals surface area contributed by atoms with Crippen LogP contribution in [0.1, 0.15) is 56.6 Å². The van der Waals surface area contributed by atoms with E-state index in [4.69, 9.17) is 17.0 Å². The number of benzene rings is 1. The molecule has 1 aromatic carbocycles. The molecule has 0 unspecified atom stereocenters. The lowest BCUT2D eigenvalue weighted by Gasteiger charge is -2.32. The highest BCUT2D eigenvalue weighted by Crippen LogP contribution is 2.25. The van der Waals surface area contributed by atoms with Gasteiger partial charge in [-0.2, -0.15) is 0 Å². The second-order valence-corrected chi connectivity index (χ2v) is 8.67. The van der Waals surface area contributed by atoms with Crippen molar-refractivity contribution in [3.63, 3.8) is 0 Å². The van der Waals surface area contributed by atoms with E-state index in [-0.39, 0.29) is 11.7 Å². The van der Waals surface area contributed by atoms with Crippen LogP contribution in [0.2, 0.25) is 0 Å². The Balaban J connectivity index is 1.55. The number of hydrogen-bond donors (Lipinski definition) is 2. The Kier molecular flexibility index (Phi) is 6.50. The Morgan fingerprint density at radius 1 is 1.24 bits per heavy atom. The predicted octanol–water partition coefficient (Wildman–Crippen LogP) is 3.89. The summed E-state index contributed by atoms with van der Waals surface area (Å²) >= 11 is 5.77. The van der Waals surface area contributed by atoms with Crippen molar-refractivity contribution in [2.75, 3.05) is 13.2 Å². The lowest BCUT2D eigenvalue weighted by molar-refractivity contribution is 0.113. The highest BCUT2D eigenvalue weighted by molar-refractivity contribution is 7.80. The number of nitrogens with zero attached hydrogens (tertiary/aromatic N) is 1. The third-order valence-corrected chi connectivity index (χ3v) is 6.64. The summed E-state index contributed by atoms with van der Waals surface area (Å²) in [5.41, 5.74) is 2.92. The first-order valence-electron chi connectivity index (χ1n) is 10.9. The monoisotopic (exact) mass is 413 g/mol. The zero-order valence-electron chi connectivity index (χ0n) is 17.2. The van der Waals surface area contributed by atoms with Gasteiger partial charge in [-0.15, -0.1) is 0 Å². The molecular weight excluding hydrogens is 382 g/mol. The molecular formula is C23H31N3O2S. The number of pyridine rings is 1. The molecule has 2 N–H and O–H groups in total. The molecule has 1 aliphatic carbocycles. The van der Waals surface area contributed by atoms with Crippen molar-refractivity contribution in [2.45, 2.75) is 70.6 Å². The summed E-state index contributed by atoms with van der Waals surface area (Å²) in [4.78, 5) is 18.1. The zero-order valence-corrected chi connectivity index (χ0v) is 18.0. The molecule has 0 bridgehead atoms. The van der Waals surface area contributed by atoms with Crippen LogP contribution in [0.25, 0.3) is 10.9 Å². The second-order valence-electron chi connectivity index (χ2n) is 8.29. The molecule has 0 spiro atoms. The van der Waals surface area contributed by atoms with Gasteiger partial charge < -0.3 is 19.9 Å². The maximum atomic E-state index is 12.8. The number of thiocarbonyl (C=S) groups is 1. The van der Waals surface area contributed by atoms with Gasteiger partial charge >= 0.3 is 0 Å². The molecule has 156 valence electrons. The van der Waals surface area contributed by atoms with Gasteiger partial charge in [-0.1, -0.05) is 25.8 Å². The van der Waals surface area contributed by atoms with E-state index in [0.29, 0.717) is 12.6 Å². The van der Waals surface area contributed by atoms with Gasteiger partial charge in [0.25, 0.3) is 5.56 Å². The van der Waals surface area contributed by atoms with Gasteiger partial charge in [0, 0.05) is 30.3 Å². The van der Waals surface area contributed by atoms with Crippen molar-refractivity contribution in [3.05, 3.63) is 45.7 Å². The Labute approximate surface area is 177 Å². The molecule has 2 heterocycles. The van der Waals surface area contributed by atoms with E-state index in [0.717, 1.165) is 66.8 Å². The Hall–Kier alpha value is -1.92. The molecule has 1 aromatic heterocycles. The van der Waals surface area contributed by atoms with Gasteiger partial charge in [0.15, 0.2) is 5.11 Å². The molecule has 2 aromatic rings. The molecule has 1 atom stereocenters. The van der Waals surface area contributed by atoms with Crippen LogP contribution in [-0.4, -0.2) is 40.3 Å². The van der Waals surface area contributed by atoms with Gasteiger partial charge in [-0.25, -0.2) is 0 Å². The summed E-state index contributed by atoms with van der Waals surface area (Å²) in [5.74, 6) is 0. The lowest BCUT2D eigenvalue weighted by Crippen LogP contribution is -2.47. The summed E-state index contributed by atoms with van der Waals surface area (Å²) in [6.07, 6.45) is 8.15. The first-order valence-corrected chi connectivity index (χ1v) is 11.4. The number of H-pyrrole nitrogens is 1. The molecule has 4 rings (SSSR count). The summed E-state index contributed by atoms with van der Waals surface area (Å²) < 4.78 is 5.72. The number of aryl methyl sites for hydroxylation is 1. The smallest absolute Gasteiger partial charge is 0.253 e. The normalized spacial score (nSPS) is 19.7. The van der Waals surface area contributed by atoms with Gasteiger partial charge in [0.05, 0.1) is 12.6 Å². The number of ether oxygens (including phenoxy) is 1. The van der Waals surface area contributed by atoms with E-state index in [2.05, 4.69) is 34.3 Å². The summed E-state index contributed by atoms with van der Waals surface area (Å²) in [7, 11) is 0. The van der Waals surface area contributed by atoms with Crippen LogP contribution in [0.3, 0.4) is 0 Å². The van der Waals surface area contributed by atoms with Gasteiger partial charge in [-0.3, -0.25) is 4.79 Å². The molecule has 29 heavy (non-hydrogen) atoms. The second kappa shape index (κ2) is 9.26. The minimum Gasteiger partial charge on any atom is -0.376 e. The SMILES string of the molecule is CCc1ccc2[nH]c(=O)c(CN(C(=S)NC[C@H]3CCCO3)C3CCCC3)cc2c1. The van der Waals surface area contributed by atoms with Crippen molar-refractivity contribution in [3.8, 4) is 0 Å². The average molecular weight is 414 g/mol. The first kappa shape index (κ1) is 20.4. The number of fused-ring (bicyclic) bond motifs is 1. The van der Waals surface area contributed by atoms with E-state index in [1.165, 1.54) is 18.4 Å². The Morgan fingerprint density at radius 2 is 2.07 bits per heavy atom. The van der Waals surface area contributed by atoms with Gasteiger partial charge in [-0.05, 0) is 73.5 Å². The van der Waals surface area contributed by atoms with Gasteiger partial charge in [0.1, 0.15) is 0 Å². The van der Waals surface area contributed by atoms with Crippen molar-refractivity contribution >= 4 is 28.2 Å². The van der Waals surface area contributed by atoms with Crippen molar-refractivity contribution in [1.82, 2.24) is 15.2 Å². The van der Waals surface area contributed by atoms with Crippen LogP contribution in [0.5, 0.6) is 0 Å². The van der Waals surface area contributed by atoms with Crippen LogP contribution in [-0.2, 0) is 17.7 Å². The number of aromatic amines is 1. The van der Waals surface area contributed by atoms with Crippen LogP contribution in [0.4, 0.5) is 0 Å². The number of hydrogen-bond acceptors (Lipinski definition) is 3. The molecule has 0 radical (unpaired) electrons. The quantitative estimate of drug-likeness (QED) is 0.704. The minimum atomic E-state index is -0.0216. The number of aromatic nitrogens is 1. The molecule has 6 heteroatoms. The Bertz CT molecular complexity index is 914. The summed E-state index contributed by atoms with van der Waals surface area (Å²) in [6, 6.07) is 8.69. The number of rotatable bonds is 6. The molecule has 1 saturated heterocycles. The molecule has 5 nitrogen and oxygen atoms in total.